The van der Waals surface area contributed by atoms with E-state index in [0.29, 0.717) is 29.5 Å². The summed E-state index contributed by atoms with van der Waals surface area (Å²) in [5, 5.41) is 8.22. The van der Waals surface area contributed by atoms with Crippen LogP contribution in [0.3, 0.4) is 0 Å². The fraction of sp³-hybridized carbons (Fsp3) is 0.400. The van der Waals surface area contributed by atoms with E-state index in [4.69, 9.17) is 14.2 Å². The second-order valence-electron chi connectivity index (χ2n) is 6.73. The number of aryl methyl sites for hydroxylation is 2. The first-order valence-corrected chi connectivity index (χ1v) is 8.98. The van der Waals surface area contributed by atoms with Crippen LogP contribution >= 0.6 is 0 Å². The molecule has 0 fully saturated rings. The third-order valence-electron chi connectivity index (χ3n) is 4.67. The molecule has 3 aromatic rings. The fourth-order valence-electron chi connectivity index (χ4n) is 3.39. The summed E-state index contributed by atoms with van der Waals surface area (Å²) in [6.07, 6.45) is 1.90. The highest BCUT2D eigenvalue weighted by Gasteiger charge is 2.23. The molecule has 1 atom stereocenters. The van der Waals surface area contributed by atoms with Gasteiger partial charge in [0.15, 0.2) is 11.5 Å². The van der Waals surface area contributed by atoms with Crippen molar-refractivity contribution in [3.63, 3.8) is 0 Å². The standard InChI is InChI=1S/C20H26N4O4/c1-12-7-8-24(22-12)11-13(2)21-20(25)15-9-14-10-16(26-4)18(27-5)19(28-6)17(14)23(15)3/h7-10,13H,11H2,1-6H3,(H,21,25). The minimum Gasteiger partial charge on any atom is -0.493 e. The first-order valence-electron chi connectivity index (χ1n) is 8.98. The van der Waals surface area contributed by atoms with E-state index in [1.807, 2.05) is 50.0 Å². The van der Waals surface area contributed by atoms with Gasteiger partial charge in [0.05, 0.1) is 39.1 Å². The van der Waals surface area contributed by atoms with E-state index in [2.05, 4.69) is 10.4 Å². The molecule has 0 aliphatic rings. The van der Waals surface area contributed by atoms with Crippen molar-refractivity contribution in [2.45, 2.75) is 26.4 Å². The maximum absolute atomic E-state index is 12.9. The van der Waals surface area contributed by atoms with Gasteiger partial charge in [0.2, 0.25) is 5.75 Å². The molecule has 0 bridgehead atoms. The molecule has 28 heavy (non-hydrogen) atoms. The normalized spacial score (nSPS) is 12.1. The van der Waals surface area contributed by atoms with Crippen molar-refractivity contribution < 1.29 is 19.0 Å². The van der Waals surface area contributed by atoms with E-state index < -0.39 is 0 Å². The summed E-state index contributed by atoms with van der Waals surface area (Å²) in [6, 6.07) is 5.50. The number of benzene rings is 1. The van der Waals surface area contributed by atoms with Crippen LogP contribution in [0.25, 0.3) is 10.9 Å². The molecule has 150 valence electrons. The number of amides is 1. The molecule has 1 amide bonds. The Morgan fingerprint density at radius 1 is 1.18 bits per heavy atom. The van der Waals surface area contributed by atoms with Crippen LogP contribution in [-0.2, 0) is 13.6 Å². The number of methoxy groups -OCH3 is 3. The van der Waals surface area contributed by atoms with Gasteiger partial charge in [0, 0.05) is 24.7 Å². The summed E-state index contributed by atoms with van der Waals surface area (Å²) in [4.78, 5) is 12.9. The second kappa shape index (κ2) is 7.84. The highest BCUT2D eigenvalue weighted by Crippen LogP contribution is 2.44. The summed E-state index contributed by atoms with van der Waals surface area (Å²) >= 11 is 0. The number of hydrogen-bond acceptors (Lipinski definition) is 5. The quantitative estimate of drug-likeness (QED) is 0.675. The zero-order valence-electron chi connectivity index (χ0n) is 17.1. The molecule has 8 heteroatoms. The van der Waals surface area contributed by atoms with E-state index in [9.17, 15) is 4.79 Å². The molecule has 0 aliphatic heterocycles. The molecule has 1 unspecified atom stereocenters. The number of nitrogens with one attached hydrogen (secondary N) is 1. The van der Waals surface area contributed by atoms with Crippen LogP contribution in [0.4, 0.5) is 0 Å². The molecule has 0 radical (unpaired) electrons. The number of carbonyl (C=O) groups is 1. The lowest BCUT2D eigenvalue weighted by Gasteiger charge is -2.15. The van der Waals surface area contributed by atoms with Gasteiger partial charge in [0.25, 0.3) is 5.91 Å². The molecule has 0 saturated heterocycles. The lowest BCUT2D eigenvalue weighted by Crippen LogP contribution is -2.36. The van der Waals surface area contributed by atoms with Crippen LogP contribution in [0, 0.1) is 6.92 Å². The summed E-state index contributed by atoms with van der Waals surface area (Å²) in [5.41, 5.74) is 2.23. The predicted octanol–water partition coefficient (Wildman–Crippen LogP) is 2.53. The van der Waals surface area contributed by atoms with Crippen molar-refractivity contribution in [2.24, 2.45) is 7.05 Å². The minimum absolute atomic E-state index is 0.0872. The van der Waals surface area contributed by atoms with E-state index in [1.54, 1.807) is 25.9 Å². The predicted molar refractivity (Wildman–Crippen MR) is 106 cm³/mol. The van der Waals surface area contributed by atoms with Gasteiger partial charge in [-0.15, -0.1) is 0 Å². The van der Waals surface area contributed by atoms with Crippen molar-refractivity contribution in [1.29, 1.82) is 0 Å². The average molecular weight is 386 g/mol. The monoisotopic (exact) mass is 386 g/mol. The van der Waals surface area contributed by atoms with Crippen molar-refractivity contribution in [3.8, 4) is 17.2 Å². The molecular weight excluding hydrogens is 360 g/mol. The number of fused-ring (bicyclic) bond motifs is 1. The molecule has 0 aliphatic carbocycles. The SMILES string of the molecule is COc1cc2cc(C(=O)NC(C)Cn3ccc(C)n3)n(C)c2c(OC)c1OC. The highest BCUT2D eigenvalue weighted by atomic mass is 16.5. The molecule has 2 heterocycles. The molecule has 8 nitrogen and oxygen atoms in total. The number of ether oxygens (including phenoxy) is 3. The molecule has 1 N–H and O–H groups in total. The van der Waals surface area contributed by atoms with Gasteiger partial charge in [-0.2, -0.15) is 5.10 Å². The first-order chi connectivity index (χ1) is 13.4. The lowest BCUT2D eigenvalue weighted by molar-refractivity contribution is 0.0928. The zero-order chi connectivity index (χ0) is 20.4. The summed E-state index contributed by atoms with van der Waals surface area (Å²) in [7, 11) is 6.52. The summed E-state index contributed by atoms with van der Waals surface area (Å²) in [6.45, 7) is 4.48. The van der Waals surface area contributed by atoms with E-state index >= 15 is 0 Å². The maximum atomic E-state index is 12.9. The number of carbonyl (C=O) groups excluding carboxylic acids is 1. The van der Waals surface area contributed by atoms with Crippen molar-refractivity contribution in [1.82, 2.24) is 19.7 Å². The zero-order valence-corrected chi connectivity index (χ0v) is 17.1. The van der Waals surface area contributed by atoms with Gasteiger partial charge < -0.3 is 24.1 Å². The molecule has 0 saturated carbocycles. The summed E-state index contributed by atoms with van der Waals surface area (Å²) in [5.74, 6) is 1.40. The molecular formula is C20H26N4O4. The average Bonchev–Trinajstić information content (AvgIpc) is 3.22. The van der Waals surface area contributed by atoms with E-state index in [0.717, 1.165) is 16.6 Å². The second-order valence-corrected chi connectivity index (χ2v) is 6.73. The van der Waals surface area contributed by atoms with Crippen LogP contribution < -0.4 is 19.5 Å². The van der Waals surface area contributed by atoms with Gasteiger partial charge in [-0.3, -0.25) is 9.48 Å². The lowest BCUT2D eigenvalue weighted by atomic mass is 10.2. The Hall–Kier alpha value is -3.16. The number of nitrogens with zero attached hydrogens (tertiary/aromatic N) is 3. The Morgan fingerprint density at radius 3 is 2.46 bits per heavy atom. The van der Waals surface area contributed by atoms with Gasteiger partial charge in [-0.05, 0) is 32.0 Å². The Balaban J connectivity index is 1.92. The van der Waals surface area contributed by atoms with Crippen molar-refractivity contribution >= 4 is 16.8 Å². The van der Waals surface area contributed by atoms with Crippen LogP contribution in [0.2, 0.25) is 0 Å². The minimum atomic E-state index is -0.171. The van der Waals surface area contributed by atoms with Gasteiger partial charge in [-0.25, -0.2) is 0 Å². The third kappa shape index (κ3) is 3.49. The van der Waals surface area contributed by atoms with Gasteiger partial charge >= 0.3 is 0 Å². The van der Waals surface area contributed by atoms with Crippen LogP contribution in [0.1, 0.15) is 23.1 Å². The Labute approximate surface area is 164 Å². The molecule has 1 aromatic carbocycles. The molecule has 2 aromatic heterocycles. The molecule has 0 spiro atoms. The van der Waals surface area contributed by atoms with E-state index in [1.165, 1.54) is 0 Å². The number of rotatable bonds is 7. The topological polar surface area (TPSA) is 79.5 Å². The fourth-order valence-corrected chi connectivity index (χ4v) is 3.39. The van der Waals surface area contributed by atoms with Crippen LogP contribution in [0.5, 0.6) is 17.2 Å². The Kier molecular flexibility index (Phi) is 5.48. The Bertz CT molecular complexity index is 1010. The third-order valence-corrected chi connectivity index (χ3v) is 4.67. The molecule has 3 rings (SSSR count). The largest absolute Gasteiger partial charge is 0.493 e. The summed E-state index contributed by atoms with van der Waals surface area (Å²) < 4.78 is 20.0. The number of aromatic nitrogens is 3. The maximum Gasteiger partial charge on any atom is 0.268 e. The van der Waals surface area contributed by atoms with Gasteiger partial charge in [0.1, 0.15) is 5.69 Å². The van der Waals surface area contributed by atoms with E-state index in [-0.39, 0.29) is 11.9 Å². The van der Waals surface area contributed by atoms with Gasteiger partial charge in [-0.1, -0.05) is 0 Å². The first kappa shape index (κ1) is 19.6. The van der Waals surface area contributed by atoms with Crippen LogP contribution in [-0.4, -0.2) is 47.6 Å². The van der Waals surface area contributed by atoms with Crippen LogP contribution in [0.15, 0.2) is 24.4 Å². The highest BCUT2D eigenvalue weighted by molar-refractivity contribution is 6.01. The smallest absolute Gasteiger partial charge is 0.268 e. The van der Waals surface area contributed by atoms with Crippen molar-refractivity contribution in [2.75, 3.05) is 21.3 Å². The number of hydrogen-bond donors (Lipinski definition) is 1. The Morgan fingerprint density at radius 2 is 1.89 bits per heavy atom. The van der Waals surface area contributed by atoms with Crippen molar-refractivity contribution in [3.05, 3.63) is 35.8 Å².